The molecule has 1 aliphatic heterocycles. The summed E-state index contributed by atoms with van der Waals surface area (Å²) in [6.07, 6.45) is 4.79. The van der Waals surface area contributed by atoms with Gasteiger partial charge in [0.2, 0.25) is 5.91 Å². The number of alkyl carbamates (subject to hydrolysis) is 1. The van der Waals surface area contributed by atoms with Gasteiger partial charge in [-0.25, -0.2) is 4.79 Å². The topological polar surface area (TPSA) is 71.8 Å². The highest BCUT2D eigenvalue weighted by Gasteiger charge is 2.28. The van der Waals surface area contributed by atoms with Gasteiger partial charge in [0.25, 0.3) is 0 Å². The van der Waals surface area contributed by atoms with Gasteiger partial charge in [-0.2, -0.15) is 0 Å². The molecular formula is C17H26N2O4. The van der Waals surface area contributed by atoms with Crippen molar-refractivity contribution in [3.63, 3.8) is 0 Å². The number of rotatable bonds is 5. The maximum Gasteiger partial charge on any atom is 0.406 e. The van der Waals surface area contributed by atoms with Gasteiger partial charge in [-0.1, -0.05) is 12.8 Å². The summed E-state index contributed by atoms with van der Waals surface area (Å²) in [4.78, 5) is 25.5. The van der Waals surface area contributed by atoms with Gasteiger partial charge in [0.05, 0.1) is 13.2 Å². The zero-order valence-corrected chi connectivity index (χ0v) is 14.0. The number of nitrogens with one attached hydrogen (secondary N) is 1. The molecule has 1 aromatic heterocycles. The van der Waals surface area contributed by atoms with Crippen LogP contribution in [0, 0.1) is 6.92 Å². The molecule has 2 amide bonds. The van der Waals surface area contributed by atoms with E-state index in [9.17, 15) is 9.59 Å². The number of hydrogen-bond acceptors (Lipinski definition) is 4. The second kappa shape index (κ2) is 8.60. The molecule has 0 aromatic carbocycles. The van der Waals surface area contributed by atoms with E-state index >= 15 is 0 Å². The van der Waals surface area contributed by atoms with Gasteiger partial charge < -0.3 is 19.4 Å². The van der Waals surface area contributed by atoms with Gasteiger partial charge in [0, 0.05) is 19.5 Å². The first-order valence-electron chi connectivity index (χ1n) is 8.29. The molecule has 0 spiro atoms. The molecule has 0 radical (unpaired) electrons. The lowest BCUT2D eigenvalue weighted by Gasteiger charge is -2.28. The van der Waals surface area contributed by atoms with E-state index in [4.69, 9.17) is 4.42 Å². The average Bonchev–Trinajstić information content (AvgIpc) is 2.83. The first-order valence-corrected chi connectivity index (χ1v) is 8.29. The molecule has 0 aliphatic carbocycles. The van der Waals surface area contributed by atoms with E-state index in [2.05, 4.69) is 10.1 Å². The first-order chi connectivity index (χ1) is 11.1. The van der Waals surface area contributed by atoms with Crippen molar-refractivity contribution < 1.29 is 18.7 Å². The van der Waals surface area contributed by atoms with Crippen molar-refractivity contribution in [1.82, 2.24) is 10.2 Å². The number of hydrogen-bond donors (Lipinski definition) is 1. The molecule has 128 valence electrons. The van der Waals surface area contributed by atoms with E-state index in [-0.39, 0.29) is 11.9 Å². The molecule has 2 heterocycles. The summed E-state index contributed by atoms with van der Waals surface area (Å²) < 4.78 is 10.3. The molecule has 6 nitrogen and oxygen atoms in total. The second-order valence-electron chi connectivity index (χ2n) is 5.92. The van der Waals surface area contributed by atoms with Gasteiger partial charge >= 0.3 is 6.09 Å². The Morgan fingerprint density at radius 2 is 2.17 bits per heavy atom. The van der Waals surface area contributed by atoms with Gasteiger partial charge in [-0.15, -0.1) is 0 Å². The zero-order valence-electron chi connectivity index (χ0n) is 14.0. The molecule has 1 atom stereocenters. The Hall–Kier alpha value is -1.98. The quantitative estimate of drug-likeness (QED) is 0.845. The highest BCUT2D eigenvalue weighted by Crippen LogP contribution is 2.31. The van der Waals surface area contributed by atoms with Crippen molar-refractivity contribution in [2.75, 3.05) is 20.2 Å². The van der Waals surface area contributed by atoms with Gasteiger partial charge in [0.15, 0.2) is 0 Å². The van der Waals surface area contributed by atoms with Crippen LogP contribution in [0.5, 0.6) is 0 Å². The molecule has 1 aromatic rings. The molecule has 1 fully saturated rings. The third kappa shape index (κ3) is 5.01. The van der Waals surface area contributed by atoms with Crippen molar-refractivity contribution in [2.45, 2.75) is 51.5 Å². The Bertz CT molecular complexity index is 526. The van der Waals surface area contributed by atoms with Crippen LogP contribution < -0.4 is 5.32 Å². The SMILES string of the molecule is COC(=O)NCCCC(=O)N1CCCCC[C@@H]1c1ccc(C)o1. The highest BCUT2D eigenvalue weighted by molar-refractivity contribution is 5.76. The van der Waals surface area contributed by atoms with Crippen LogP contribution in [0.3, 0.4) is 0 Å². The molecule has 2 rings (SSSR count). The molecule has 0 saturated carbocycles. The number of aryl methyl sites for hydroxylation is 1. The highest BCUT2D eigenvalue weighted by atomic mass is 16.5. The molecule has 6 heteroatoms. The lowest BCUT2D eigenvalue weighted by Crippen LogP contribution is -2.35. The molecular weight excluding hydrogens is 296 g/mol. The van der Waals surface area contributed by atoms with Crippen molar-refractivity contribution in [3.05, 3.63) is 23.7 Å². The van der Waals surface area contributed by atoms with Crippen LogP contribution in [-0.4, -0.2) is 37.1 Å². The number of amides is 2. The zero-order chi connectivity index (χ0) is 16.7. The summed E-state index contributed by atoms with van der Waals surface area (Å²) in [6.45, 7) is 3.13. The first kappa shape index (κ1) is 17.4. The fraction of sp³-hybridized carbons (Fsp3) is 0.647. The maximum absolute atomic E-state index is 12.6. The van der Waals surface area contributed by atoms with E-state index in [0.29, 0.717) is 19.4 Å². The van der Waals surface area contributed by atoms with Crippen LogP contribution in [-0.2, 0) is 9.53 Å². The number of furan rings is 1. The van der Waals surface area contributed by atoms with Crippen LogP contribution in [0.1, 0.15) is 56.1 Å². The summed E-state index contributed by atoms with van der Waals surface area (Å²) in [7, 11) is 1.33. The second-order valence-corrected chi connectivity index (χ2v) is 5.92. The summed E-state index contributed by atoms with van der Waals surface area (Å²) in [5, 5.41) is 2.60. The van der Waals surface area contributed by atoms with E-state index < -0.39 is 6.09 Å². The molecule has 1 N–H and O–H groups in total. The lowest BCUT2D eigenvalue weighted by molar-refractivity contribution is -0.134. The van der Waals surface area contributed by atoms with Crippen molar-refractivity contribution in [1.29, 1.82) is 0 Å². The fourth-order valence-electron chi connectivity index (χ4n) is 2.98. The Morgan fingerprint density at radius 1 is 1.35 bits per heavy atom. The molecule has 0 bridgehead atoms. The monoisotopic (exact) mass is 322 g/mol. The maximum atomic E-state index is 12.6. The Morgan fingerprint density at radius 3 is 2.87 bits per heavy atom. The number of likely N-dealkylation sites (tertiary alicyclic amines) is 1. The van der Waals surface area contributed by atoms with E-state index in [1.165, 1.54) is 7.11 Å². The minimum absolute atomic E-state index is 0.0345. The van der Waals surface area contributed by atoms with E-state index in [0.717, 1.165) is 43.7 Å². The number of nitrogens with zero attached hydrogens (tertiary/aromatic N) is 1. The minimum Gasteiger partial charge on any atom is -0.464 e. The van der Waals surface area contributed by atoms with Crippen LogP contribution in [0.4, 0.5) is 4.79 Å². The van der Waals surface area contributed by atoms with E-state index in [1.54, 1.807) is 0 Å². The number of carbonyl (C=O) groups excluding carboxylic acids is 2. The standard InChI is InChI=1S/C17H26N2O4/c1-13-9-10-15(23-13)14-7-4-3-5-12-19(14)16(20)8-6-11-18-17(21)22-2/h9-10,14H,3-8,11-12H2,1-2H3,(H,18,21)/t14-/m1/s1. The molecule has 1 aliphatic rings. The Labute approximate surface area is 137 Å². The normalized spacial score (nSPS) is 18.3. The minimum atomic E-state index is -0.462. The largest absolute Gasteiger partial charge is 0.464 e. The third-order valence-electron chi connectivity index (χ3n) is 4.18. The number of ether oxygens (including phenoxy) is 1. The summed E-state index contributed by atoms with van der Waals surface area (Å²) in [5.74, 6) is 1.88. The third-order valence-corrected chi connectivity index (χ3v) is 4.18. The molecule has 0 unspecified atom stereocenters. The molecule has 1 saturated heterocycles. The Kier molecular flexibility index (Phi) is 6.50. The Balaban J connectivity index is 1.93. The van der Waals surface area contributed by atoms with Crippen LogP contribution in [0.15, 0.2) is 16.5 Å². The van der Waals surface area contributed by atoms with Crippen molar-refractivity contribution in [3.8, 4) is 0 Å². The lowest BCUT2D eigenvalue weighted by atomic mass is 10.1. The summed E-state index contributed by atoms with van der Waals surface area (Å²) in [6, 6.07) is 3.96. The van der Waals surface area contributed by atoms with Gasteiger partial charge in [-0.3, -0.25) is 4.79 Å². The van der Waals surface area contributed by atoms with Crippen LogP contribution >= 0.6 is 0 Å². The summed E-state index contributed by atoms with van der Waals surface area (Å²) >= 11 is 0. The number of methoxy groups -OCH3 is 1. The smallest absolute Gasteiger partial charge is 0.406 e. The fourth-order valence-corrected chi connectivity index (χ4v) is 2.98. The molecule has 23 heavy (non-hydrogen) atoms. The predicted octanol–water partition coefficient (Wildman–Crippen LogP) is 3.17. The average molecular weight is 322 g/mol. The van der Waals surface area contributed by atoms with Crippen LogP contribution in [0.2, 0.25) is 0 Å². The van der Waals surface area contributed by atoms with Gasteiger partial charge in [-0.05, 0) is 38.3 Å². The number of carbonyl (C=O) groups is 2. The van der Waals surface area contributed by atoms with E-state index in [1.807, 2.05) is 24.0 Å². The van der Waals surface area contributed by atoms with Crippen LogP contribution in [0.25, 0.3) is 0 Å². The van der Waals surface area contributed by atoms with Crippen molar-refractivity contribution in [2.24, 2.45) is 0 Å². The summed E-state index contributed by atoms with van der Waals surface area (Å²) in [5.41, 5.74) is 0. The predicted molar refractivity (Wildman–Crippen MR) is 86.0 cm³/mol. The van der Waals surface area contributed by atoms with Crippen molar-refractivity contribution >= 4 is 12.0 Å². The van der Waals surface area contributed by atoms with Gasteiger partial charge in [0.1, 0.15) is 11.5 Å².